The number of nitrogens with zero attached hydrogens (tertiary/aromatic N) is 1. The van der Waals surface area contributed by atoms with E-state index >= 15 is 0 Å². The minimum atomic E-state index is -2.82. The zero-order valence-corrected chi connectivity index (χ0v) is 15.1. The molecule has 1 atom stereocenters. The van der Waals surface area contributed by atoms with Crippen molar-refractivity contribution in [3.8, 4) is 0 Å². The lowest BCUT2D eigenvalue weighted by Crippen LogP contribution is -2.38. The number of benzene rings is 1. The lowest BCUT2D eigenvalue weighted by Gasteiger charge is -2.12. The van der Waals surface area contributed by atoms with Crippen LogP contribution in [0.25, 0.3) is 0 Å². The van der Waals surface area contributed by atoms with Crippen molar-refractivity contribution in [2.45, 2.75) is 18.2 Å². The van der Waals surface area contributed by atoms with Gasteiger partial charge in [0.2, 0.25) is 0 Å². The molecule has 1 heterocycles. The van der Waals surface area contributed by atoms with Crippen molar-refractivity contribution in [3.05, 3.63) is 30.3 Å². The molecule has 5 nitrogen and oxygen atoms in total. The van der Waals surface area contributed by atoms with Crippen molar-refractivity contribution >= 4 is 27.6 Å². The second-order valence-corrected chi connectivity index (χ2v) is 8.97. The van der Waals surface area contributed by atoms with Gasteiger partial charge in [-0.3, -0.25) is 4.99 Å². The molecule has 1 aromatic carbocycles. The van der Waals surface area contributed by atoms with E-state index < -0.39 is 9.84 Å². The molecule has 0 aromatic heterocycles. The molecule has 128 valence electrons. The number of hydrogen-bond donors (Lipinski definition) is 2. The molecule has 0 aliphatic carbocycles. The molecular weight excluding hydrogens is 330 g/mol. The van der Waals surface area contributed by atoms with Crippen molar-refractivity contribution < 1.29 is 8.42 Å². The predicted molar refractivity (Wildman–Crippen MR) is 97.9 cm³/mol. The monoisotopic (exact) mass is 355 g/mol. The molecule has 0 spiro atoms. The van der Waals surface area contributed by atoms with Gasteiger partial charge in [0.05, 0.1) is 11.5 Å². The summed E-state index contributed by atoms with van der Waals surface area (Å²) in [5, 5.41) is 6.51. The molecule has 1 unspecified atom stereocenters. The maximum Gasteiger partial charge on any atom is 0.191 e. The highest BCUT2D eigenvalue weighted by Gasteiger charge is 2.27. The van der Waals surface area contributed by atoms with Crippen LogP contribution in [-0.2, 0) is 9.84 Å². The Labute approximate surface area is 143 Å². The zero-order valence-electron chi connectivity index (χ0n) is 13.5. The minimum Gasteiger partial charge on any atom is -0.357 e. The summed E-state index contributed by atoms with van der Waals surface area (Å²) in [5.74, 6) is 2.47. The Morgan fingerprint density at radius 1 is 1.30 bits per heavy atom. The van der Waals surface area contributed by atoms with Crippen LogP contribution in [-0.4, -0.2) is 51.3 Å². The van der Waals surface area contributed by atoms with Gasteiger partial charge >= 0.3 is 0 Å². The Morgan fingerprint density at radius 3 is 2.74 bits per heavy atom. The average Bonchev–Trinajstić information content (AvgIpc) is 2.89. The summed E-state index contributed by atoms with van der Waals surface area (Å²) in [4.78, 5) is 5.78. The van der Waals surface area contributed by atoms with Gasteiger partial charge in [-0.2, -0.15) is 0 Å². The Bertz CT molecular complexity index is 603. The molecule has 0 saturated carbocycles. The third kappa shape index (κ3) is 6.83. The quantitative estimate of drug-likeness (QED) is 0.338. The van der Waals surface area contributed by atoms with Gasteiger partial charge in [0, 0.05) is 30.3 Å². The minimum absolute atomic E-state index is 0.161. The van der Waals surface area contributed by atoms with Crippen LogP contribution in [0.15, 0.2) is 40.2 Å². The Hall–Kier alpha value is -1.21. The van der Waals surface area contributed by atoms with Crippen LogP contribution in [0.3, 0.4) is 0 Å². The van der Waals surface area contributed by atoms with Gasteiger partial charge in [-0.1, -0.05) is 18.2 Å². The predicted octanol–water partition coefficient (Wildman–Crippen LogP) is 1.77. The third-order valence-electron chi connectivity index (χ3n) is 3.59. The number of guanidine groups is 1. The Morgan fingerprint density at radius 2 is 2.09 bits per heavy atom. The maximum absolute atomic E-state index is 11.5. The first-order valence-corrected chi connectivity index (χ1v) is 10.8. The van der Waals surface area contributed by atoms with Crippen LogP contribution in [0.4, 0.5) is 0 Å². The molecule has 1 aromatic rings. The lowest BCUT2D eigenvalue weighted by molar-refractivity contribution is 0.590. The van der Waals surface area contributed by atoms with Crippen molar-refractivity contribution in [1.29, 1.82) is 0 Å². The molecule has 1 fully saturated rings. The summed E-state index contributed by atoms with van der Waals surface area (Å²) >= 11 is 1.80. The summed E-state index contributed by atoms with van der Waals surface area (Å²) < 4.78 is 22.9. The molecule has 0 radical (unpaired) electrons. The highest BCUT2D eigenvalue weighted by molar-refractivity contribution is 7.99. The largest absolute Gasteiger partial charge is 0.357 e. The highest BCUT2D eigenvalue weighted by atomic mass is 32.2. The first kappa shape index (κ1) is 18.1. The summed E-state index contributed by atoms with van der Waals surface area (Å²) in [6.45, 7) is 4.20. The number of hydrogen-bond acceptors (Lipinski definition) is 4. The molecule has 1 saturated heterocycles. The number of rotatable bonds is 7. The maximum atomic E-state index is 11.5. The van der Waals surface area contributed by atoms with E-state index in [4.69, 9.17) is 0 Å². The van der Waals surface area contributed by atoms with Gasteiger partial charge in [-0.15, -0.1) is 11.8 Å². The van der Waals surface area contributed by atoms with Gasteiger partial charge in [-0.05, 0) is 31.4 Å². The fourth-order valence-electron chi connectivity index (χ4n) is 2.43. The Kier molecular flexibility index (Phi) is 7.23. The first-order valence-electron chi connectivity index (χ1n) is 7.99. The van der Waals surface area contributed by atoms with E-state index in [1.165, 1.54) is 4.90 Å². The van der Waals surface area contributed by atoms with Crippen molar-refractivity contribution in [1.82, 2.24) is 10.6 Å². The van der Waals surface area contributed by atoms with E-state index in [0.717, 1.165) is 31.2 Å². The van der Waals surface area contributed by atoms with Gasteiger partial charge in [0.25, 0.3) is 0 Å². The molecule has 0 amide bonds. The van der Waals surface area contributed by atoms with Gasteiger partial charge < -0.3 is 10.6 Å². The van der Waals surface area contributed by atoms with Crippen LogP contribution in [0, 0.1) is 5.92 Å². The van der Waals surface area contributed by atoms with Gasteiger partial charge in [0.15, 0.2) is 15.8 Å². The van der Waals surface area contributed by atoms with Crippen LogP contribution < -0.4 is 10.6 Å². The van der Waals surface area contributed by atoms with E-state index in [1.807, 2.05) is 25.1 Å². The summed E-state index contributed by atoms with van der Waals surface area (Å²) in [7, 11) is -2.82. The SMILES string of the molecule is CCNC(=NCC1CCS(=O)(=O)C1)NCCSc1ccccc1. The van der Waals surface area contributed by atoms with Crippen molar-refractivity contribution in [3.63, 3.8) is 0 Å². The summed E-state index contributed by atoms with van der Waals surface area (Å²) in [6, 6.07) is 10.3. The van der Waals surface area contributed by atoms with Crippen LogP contribution in [0.1, 0.15) is 13.3 Å². The van der Waals surface area contributed by atoms with Gasteiger partial charge in [-0.25, -0.2) is 8.42 Å². The Balaban J connectivity index is 1.73. The molecular formula is C16H25N3O2S2. The van der Waals surface area contributed by atoms with Gasteiger partial charge in [0.1, 0.15) is 0 Å². The third-order valence-corrected chi connectivity index (χ3v) is 6.44. The molecule has 1 aliphatic rings. The van der Waals surface area contributed by atoms with Crippen LogP contribution in [0.5, 0.6) is 0 Å². The molecule has 0 bridgehead atoms. The van der Waals surface area contributed by atoms with E-state index in [-0.39, 0.29) is 11.7 Å². The average molecular weight is 356 g/mol. The lowest BCUT2D eigenvalue weighted by atomic mass is 10.1. The van der Waals surface area contributed by atoms with E-state index in [0.29, 0.717) is 12.3 Å². The highest BCUT2D eigenvalue weighted by Crippen LogP contribution is 2.18. The second kappa shape index (κ2) is 9.17. The normalized spacial score (nSPS) is 20.4. The van der Waals surface area contributed by atoms with E-state index in [9.17, 15) is 8.42 Å². The molecule has 1 aliphatic heterocycles. The van der Waals surface area contributed by atoms with Crippen LogP contribution >= 0.6 is 11.8 Å². The number of sulfone groups is 1. The standard InChI is InChI=1S/C16H25N3O2S2/c1-2-17-16(19-12-14-8-11-23(20,21)13-14)18-9-10-22-15-6-4-3-5-7-15/h3-7,14H,2,8-13H2,1H3,(H2,17,18,19). The summed E-state index contributed by atoms with van der Waals surface area (Å²) in [6.07, 6.45) is 0.731. The second-order valence-electron chi connectivity index (χ2n) is 5.58. The van der Waals surface area contributed by atoms with E-state index in [1.54, 1.807) is 11.8 Å². The van der Waals surface area contributed by atoms with E-state index in [2.05, 4.69) is 27.8 Å². The summed E-state index contributed by atoms with van der Waals surface area (Å²) in [5.41, 5.74) is 0. The topological polar surface area (TPSA) is 70.6 Å². The first-order chi connectivity index (χ1) is 11.1. The fourth-order valence-corrected chi connectivity index (χ4v) is 5.07. The van der Waals surface area contributed by atoms with Crippen molar-refractivity contribution in [2.75, 3.05) is 36.9 Å². The molecule has 2 N–H and O–H groups in total. The van der Waals surface area contributed by atoms with Crippen molar-refractivity contribution in [2.24, 2.45) is 10.9 Å². The molecule has 2 rings (SSSR count). The fraction of sp³-hybridized carbons (Fsp3) is 0.562. The number of nitrogens with one attached hydrogen (secondary N) is 2. The van der Waals surface area contributed by atoms with Crippen LogP contribution in [0.2, 0.25) is 0 Å². The number of thioether (sulfide) groups is 1. The zero-order chi connectivity index (χ0) is 16.5. The molecule has 7 heteroatoms. The smallest absolute Gasteiger partial charge is 0.191 e. The number of aliphatic imine (C=N–C) groups is 1. The molecule has 23 heavy (non-hydrogen) atoms.